The molecule has 7 nitrogen and oxygen atoms in total. The Morgan fingerprint density at radius 1 is 1.56 bits per heavy atom. The molecule has 0 aliphatic heterocycles. The molecule has 0 bridgehead atoms. The number of aliphatic carboxylic acids is 1. The van der Waals surface area contributed by atoms with Crippen LogP contribution in [0.25, 0.3) is 0 Å². The third-order valence-electron chi connectivity index (χ3n) is 2.27. The van der Waals surface area contributed by atoms with Gasteiger partial charge >= 0.3 is 5.97 Å². The van der Waals surface area contributed by atoms with Crippen LogP contribution in [0.15, 0.2) is 4.52 Å². The van der Waals surface area contributed by atoms with Crippen LogP contribution in [-0.4, -0.2) is 44.6 Å². The van der Waals surface area contributed by atoms with Crippen molar-refractivity contribution in [2.75, 3.05) is 6.54 Å². The number of rotatable bonds is 4. The summed E-state index contributed by atoms with van der Waals surface area (Å²) in [4.78, 5) is 27.5. The first-order valence-corrected chi connectivity index (χ1v) is 4.91. The highest BCUT2D eigenvalue weighted by molar-refractivity contribution is 5.92. The van der Waals surface area contributed by atoms with E-state index in [1.54, 1.807) is 6.92 Å². The molecule has 2 rings (SSSR count). The SMILES string of the molecule is Cc1nc(C(=O)N(CC(=O)O)C2CC2)no1. The van der Waals surface area contributed by atoms with E-state index in [2.05, 4.69) is 14.7 Å². The number of aromatic nitrogens is 2. The Hall–Kier alpha value is -1.92. The maximum absolute atomic E-state index is 11.9. The zero-order chi connectivity index (χ0) is 11.7. The monoisotopic (exact) mass is 225 g/mol. The summed E-state index contributed by atoms with van der Waals surface area (Å²) >= 11 is 0. The lowest BCUT2D eigenvalue weighted by atomic mass is 10.4. The van der Waals surface area contributed by atoms with E-state index < -0.39 is 11.9 Å². The van der Waals surface area contributed by atoms with Crippen molar-refractivity contribution in [3.8, 4) is 0 Å². The van der Waals surface area contributed by atoms with Crippen molar-refractivity contribution in [3.05, 3.63) is 11.7 Å². The fourth-order valence-electron chi connectivity index (χ4n) is 1.41. The van der Waals surface area contributed by atoms with E-state index in [9.17, 15) is 9.59 Å². The molecule has 7 heteroatoms. The molecule has 0 saturated heterocycles. The van der Waals surface area contributed by atoms with Gasteiger partial charge < -0.3 is 14.5 Å². The van der Waals surface area contributed by atoms with Gasteiger partial charge in [-0.15, -0.1) is 0 Å². The standard InChI is InChI=1S/C9H11N3O4/c1-5-10-8(11-16-5)9(15)12(4-7(13)14)6-2-3-6/h6H,2-4H2,1H3,(H,13,14). The summed E-state index contributed by atoms with van der Waals surface area (Å²) in [5, 5.41) is 12.2. The summed E-state index contributed by atoms with van der Waals surface area (Å²) in [5.41, 5.74) is 0. The first kappa shape index (κ1) is 10.6. The number of carbonyl (C=O) groups excluding carboxylic acids is 1. The van der Waals surface area contributed by atoms with Crippen LogP contribution in [-0.2, 0) is 4.79 Å². The van der Waals surface area contributed by atoms with Crippen molar-refractivity contribution in [1.82, 2.24) is 15.0 Å². The Labute approximate surface area is 91.0 Å². The van der Waals surface area contributed by atoms with Crippen molar-refractivity contribution < 1.29 is 19.2 Å². The molecule has 1 aromatic heterocycles. The molecule has 1 aliphatic carbocycles. The lowest BCUT2D eigenvalue weighted by molar-refractivity contribution is -0.137. The normalized spacial score (nSPS) is 14.8. The highest BCUT2D eigenvalue weighted by Crippen LogP contribution is 2.27. The van der Waals surface area contributed by atoms with Gasteiger partial charge in [-0.05, 0) is 12.8 Å². The van der Waals surface area contributed by atoms with E-state index in [1.807, 2.05) is 0 Å². The molecule has 1 aliphatic rings. The molecule has 1 heterocycles. The van der Waals surface area contributed by atoms with E-state index in [0.29, 0.717) is 0 Å². The molecule has 16 heavy (non-hydrogen) atoms. The van der Waals surface area contributed by atoms with Gasteiger partial charge in [0.1, 0.15) is 6.54 Å². The molecule has 0 atom stereocenters. The molecule has 86 valence electrons. The van der Waals surface area contributed by atoms with Gasteiger partial charge in [-0.25, -0.2) is 0 Å². The van der Waals surface area contributed by atoms with Gasteiger partial charge in [0, 0.05) is 13.0 Å². The van der Waals surface area contributed by atoms with Gasteiger partial charge in [0.15, 0.2) is 0 Å². The Morgan fingerprint density at radius 2 is 2.25 bits per heavy atom. The molecule has 0 unspecified atom stereocenters. The van der Waals surface area contributed by atoms with E-state index in [4.69, 9.17) is 5.11 Å². The third kappa shape index (κ3) is 2.18. The van der Waals surface area contributed by atoms with Crippen LogP contribution in [0.3, 0.4) is 0 Å². The molecular formula is C9H11N3O4. The Kier molecular flexibility index (Phi) is 2.59. The van der Waals surface area contributed by atoms with E-state index >= 15 is 0 Å². The van der Waals surface area contributed by atoms with Gasteiger partial charge in [-0.1, -0.05) is 5.16 Å². The van der Waals surface area contributed by atoms with Crippen molar-refractivity contribution in [1.29, 1.82) is 0 Å². The summed E-state index contributed by atoms with van der Waals surface area (Å²) < 4.78 is 4.68. The highest BCUT2D eigenvalue weighted by atomic mass is 16.5. The topological polar surface area (TPSA) is 96.5 Å². The van der Waals surface area contributed by atoms with Gasteiger partial charge in [-0.3, -0.25) is 9.59 Å². The average Bonchev–Trinajstić information content (AvgIpc) is 2.96. The zero-order valence-electron chi connectivity index (χ0n) is 8.71. The molecule has 0 radical (unpaired) electrons. The number of hydrogen-bond acceptors (Lipinski definition) is 5. The van der Waals surface area contributed by atoms with Gasteiger partial charge in [0.05, 0.1) is 0 Å². The van der Waals surface area contributed by atoms with Crippen LogP contribution in [0.1, 0.15) is 29.4 Å². The number of aryl methyl sites for hydroxylation is 1. The largest absolute Gasteiger partial charge is 0.480 e. The van der Waals surface area contributed by atoms with Crippen LogP contribution < -0.4 is 0 Å². The second kappa shape index (κ2) is 3.92. The van der Waals surface area contributed by atoms with Crippen LogP contribution in [0.4, 0.5) is 0 Å². The van der Waals surface area contributed by atoms with Crippen LogP contribution in [0.5, 0.6) is 0 Å². The third-order valence-corrected chi connectivity index (χ3v) is 2.27. The summed E-state index contributed by atoms with van der Waals surface area (Å²) in [5.74, 6) is -1.32. The molecule has 1 fully saturated rings. The van der Waals surface area contributed by atoms with E-state index in [0.717, 1.165) is 12.8 Å². The molecule has 0 aromatic carbocycles. The van der Waals surface area contributed by atoms with Crippen molar-refractivity contribution in [2.45, 2.75) is 25.8 Å². The molecular weight excluding hydrogens is 214 g/mol. The molecule has 1 N–H and O–H groups in total. The summed E-state index contributed by atoms with van der Waals surface area (Å²) in [7, 11) is 0. The first-order chi connectivity index (χ1) is 7.58. The van der Waals surface area contributed by atoms with E-state index in [-0.39, 0.29) is 24.3 Å². The quantitative estimate of drug-likeness (QED) is 0.778. The lowest BCUT2D eigenvalue weighted by Gasteiger charge is -2.17. The van der Waals surface area contributed by atoms with Crippen LogP contribution >= 0.6 is 0 Å². The molecule has 1 aromatic rings. The number of nitrogens with zero attached hydrogens (tertiary/aromatic N) is 3. The Morgan fingerprint density at radius 3 is 2.69 bits per heavy atom. The van der Waals surface area contributed by atoms with Gasteiger partial charge in [-0.2, -0.15) is 4.98 Å². The fraction of sp³-hybridized carbons (Fsp3) is 0.556. The first-order valence-electron chi connectivity index (χ1n) is 4.91. The second-order valence-electron chi connectivity index (χ2n) is 3.69. The Bertz CT molecular complexity index is 424. The molecule has 0 spiro atoms. The molecule has 1 saturated carbocycles. The number of amides is 1. The summed E-state index contributed by atoms with van der Waals surface area (Å²) in [6.45, 7) is 1.25. The number of hydrogen-bond donors (Lipinski definition) is 1. The highest BCUT2D eigenvalue weighted by Gasteiger charge is 2.36. The lowest BCUT2D eigenvalue weighted by Crippen LogP contribution is -2.38. The minimum absolute atomic E-state index is 0.00223. The Balaban J connectivity index is 2.13. The maximum atomic E-state index is 11.9. The summed E-state index contributed by atoms with van der Waals surface area (Å²) in [6.07, 6.45) is 1.66. The average molecular weight is 225 g/mol. The smallest absolute Gasteiger partial charge is 0.323 e. The van der Waals surface area contributed by atoms with Crippen molar-refractivity contribution in [3.63, 3.8) is 0 Å². The fourth-order valence-corrected chi connectivity index (χ4v) is 1.41. The van der Waals surface area contributed by atoms with Gasteiger partial charge in [0.2, 0.25) is 5.89 Å². The predicted octanol–water partition coefficient (Wildman–Crippen LogP) is 0.0672. The van der Waals surface area contributed by atoms with E-state index in [1.165, 1.54) is 4.90 Å². The number of carbonyl (C=O) groups is 2. The number of carboxylic acids is 1. The van der Waals surface area contributed by atoms with Crippen molar-refractivity contribution in [2.24, 2.45) is 0 Å². The summed E-state index contributed by atoms with van der Waals surface area (Å²) in [6, 6.07) is 0.00223. The minimum atomic E-state index is -1.04. The maximum Gasteiger partial charge on any atom is 0.323 e. The van der Waals surface area contributed by atoms with Gasteiger partial charge in [0.25, 0.3) is 11.7 Å². The van der Waals surface area contributed by atoms with Crippen LogP contribution in [0.2, 0.25) is 0 Å². The zero-order valence-corrected chi connectivity index (χ0v) is 8.71. The second-order valence-corrected chi connectivity index (χ2v) is 3.69. The van der Waals surface area contributed by atoms with Crippen molar-refractivity contribution >= 4 is 11.9 Å². The minimum Gasteiger partial charge on any atom is -0.480 e. The predicted molar refractivity (Wildman–Crippen MR) is 50.7 cm³/mol. The molecule has 1 amide bonds. The van der Waals surface area contributed by atoms with Crippen LogP contribution in [0, 0.1) is 6.92 Å². The number of carboxylic acid groups (broad SMARTS) is 1.